The van der Waals surface area contributed by atoms with Crippen molar-refractivity contribution in [3.63, 3.8) is 0 Å². The summed E-state index contributed by atoms with van der Waals surface area (Å²) in [7, 11) is 0. The summed E-state index contributed by atoms with van der Waals surface area (Å²) >= 11 is 6.03. The second kappa shape index (κ2) is 6.75. The summed E-state index contributed by atoms with van der Waals surface area (Å²) in [5.74, 6) is 0.194. The lowest BCUT2D eigenvalue weighted by Gasteiger charge is -2.19. The van der Waals surface area contributed by atoms with E-state index in [1.165, 1.54) is 6.20 Å². The Labute approximate surface area is 129 Å². The van der Waals surface area contributed by atoms with E-state index >= 15 is 0 Å². The summed E-state index contributed by atoms with van der Waals surface area (Å²) in [5, 5.41) is 23.9. The van der Waals surface area contributed by atoms with Crippen molar-refractivity contribution in [3.8, 4) is 6.07 Å². The van der Waals surface area contributed by atoms with Gasteiger partial charge in [0.15, 0.2) is 0 Å². The molecule has 2 atom stereocenters. The third-order valence-electron chi connectivity index (χ3n) is 3.74. The predicted octanol–water partition coefficient (Wildman–Crippen LogP) is 3.58. The maximum atomic E-state index is 10.1. The van der Waals surface area contributed by atoms with E-state index in [1.54, 1.807) is 12.1 Å². The molecule has 0 amide bonds. The van der Waals surface area contributed by atoms with E-state index in [-0.39, 0.29) is 5.92 Å². The van der Waals surface area contributed by atoms with Crippen molar-refractivity contribution in [2.24, 2.45) is 5.92 Å². The monoisotopic (exact) mass is 303 g/mol. The van der Waals surface area contributed by atoms with Crippen molar-refractivity contribution in [2.45, 2.75) is 26.4 Å². The first-order valence-corrected chi connectivity index (χ1v) is 7.35. The molecule has 0 aliphatic carbocycles. The summed E-state index contributed by atoms with van der Waals surface area (Å²) in [6.07, 6.45) is 1.97. The normalized spacial score (nSPS) is 13.7. The fourth-order valence-corrected chi connectivity index (χ4v) is 2.29. The van der Waals surface area contributed by atoms with E-state index < -0.39 is 6.10 Å². The molecular formula is C16H18ClN3O. The lowest BCUT2D eigenvalue weighted by molar-refractivity contribution is 0.126. The van der Waals surface area contributed by atoms with Gasteiger partial charge < -0.3 is 10.4 Å². The molecule has 1 aromatic carbocycles. The molecule has 2 unspecified atom stereocenters. The van der Waals surface area contributed by atoms with Crippen molar-refractivity contribution in [2.75, 3.05) is 11.9 Å². The summed E-state index contributed by atoms with van der Waals surface area (Å²) in [4.78, 5) is 4.25. The second-order valence-corrected chi connectivity index (χ2v) is 5.59. The zero-order valence-electron chi connectivity index (χ0n) is 12.1. The van der Waals surface area contributed by atoms with Crippen LogP contribution in [0.5, 0.6) is 0 Å². The number of aliphatic hydroxyl groups is 1. The molecule has 110 valence electrons. The van der Waals surface area contributed by atoms with E-state index in [2.05, 4.69) is 16.4 Å². The SMILES string of the molecule is CCC(C)C(O)CNc1c(C#N)cnc2ccc(Cl)cc12. The number of rotatable bonds is 5. The van der Waals surface area contributed by atoms with Gasteiger partial charge in [0.05, 0.1) is 22.9 Å². The van der Waals surface area contributed by atoms with Gasteiger partial charge in [-0.15, -0.1) is 0 Å². The fourth-order valence-electron chi connectivity index (χ4n) is 2.12. The van der Waals surface area contributed by atoms with Crippen LogP contribution in [-0.4, -0.2) is 22.7 Å². The minimum absolute atomic E-state index is 0.194. The van der Waals surface area contributed by atoms with Gasteiger partial charge in [-0.25, -0.2) is 0 Å². The number of hydrogen-bond donors (Lipinski definition) is 2. The first-order chi connectivity index (χ1) is 10.1. The predicted molar refractivity (Wildman–Crippen MR) is 85.4 cm³/mol. The molecular weight excluding hydrogens is 286 g/mol. The van der Waals surface area contributed by atoms with Crippen molar-refractivity contribution in [1.82, 2.24) is 4.98 Å². The van der Waals surface area contributed by atoms with Crippen molar-refractivity contribution >= 4 is 28.2 Å². The van der Waals surface area contributed by atoms with Gasteiger partial charge in [0.2, 0.25) is 0 Å². The van der Waals surface area contributed by atoms with Crippen LogP contribution in [0.2, 0.25) is 5.02 Å². The van der Waals surface area contributed by atoms with Crippen LogP contribution in [0.15, 0.2) is 24.4 Å². The topological polar surface area (TPSA) is 68.9 Å². The lowest BCUT2D eigenvalue weighted by atomic mass is 10.0. The van der Waals surface area contributed by atoms with Gasteiger partial charge in [0.25, 0.3) is 0 Å². The third kappa shape index (κ3) is 3.44. The number of aliphatic hydroxyl groups excluding tert-OH is 1. The fraction of sp³-hybridized carbons (Fsp3) is 0.375. The number of anilines is 1. The first-order valence-electron chi connectivity index (χ1n) is 6.97. The Kier molecular flexibility index (Phi) is 5.00. The molecule has 4 nitrogen and oxygen atoms in total. The number of nitrogens with zero attached hydrogens (tertiary/aromatic N) is 2. The number of nitriles is 1. The number of fused-ring (bicyclic) bond motifs is 1. The van der Waals surface area contributed by atoms with Gasteiger partial charge in [0, 0.05) is 23.2 Å². The number of nitrogens with one attached hydrogen (secondary N) is 1. The molecule has 21 heavy (non-hydrogen) atoms. The highest BCUT2D eigenvalue weighted by atomic mass is 35.5. The van der Waals surface area contributed by atoms with Crippen LogP contribution in [0, 0.1) is 17.2 Å². The highest BCUT2D eigenvalue weighted by Crippen LogP contribution is 2.28. The van der Waals surface area contributed by atoms with Crippen LogP contribution in [0.1, 0.15) is 25.8 Å². The highest BCUT2D eigenvalue weighted by molar-refractivity contribution is 6.31. The summed E-state index contributed by atoms with van der Waals surface area (Å²) in [6, 6.07) is 7.48. The van der Waals surface area contributed by atoms with E-state index in [0.717, 1.165) is 17.3 Å². The van der Waals surface area contributed by atoms with Crippen molar-refractivity contribution < 1.29 is 5.11 Å². The molecule has 0 fully saturated rings. The maximum absolute atomic E-state index is 10.1. The zero-order chi connectivity index (χ0) is 15.4. The van der Waals surface area contributed by atoms with Gasteiger partial charge >= 0.3 is 0 Å². The molecule has 1 aromatic heterocycles. The summed E-state index contributed by atoms with van der Waals surface area (Å²) in [6.45, 7) is 4.42. The molecule has 2 aromatic rings. The Hall–Kier alpha value is -1.83. The third-order valence-corrected chi connectivity index (χ3v) is 3.97. The Morgan fingerprint density at radius 3 is 2.90 bits per heavy atom. The molecule has 0 aliphatic rings. The summed E-state index contributed by atoms with van der Waals surface area (Å²) in [5.41, 5.74) is 1.88. The largest absolute Gasteiger partial charge is 0.391 e. The maximum Gasteiger partial charge on any atom is 0.103 e. The molecule has 0 spiro atoms. The van der Waals surface area contributed by atoms with E-state index in [1.807, 2.05) is 19.9 Å². The molecule has 5 heteroatoms. The van der Waals surface area contributed by atoms with E-state index in [0.29, 0.717) is 22.8 Å². The number of aromatic nitrogens is 1. The average Bonchev–Trinajstić information content (AvgIpc) is 2.51. The van der Waals surface area contributed by atoms with E-state index in [9.17, 15) is 10.4 Å². The Morgan fingerprint density at radius 2 is 2.24 bits per heavy atom. The van der Waals surface area contributed by atoms with Crippen molar-refractivity contribution in [1.29, 1.82) is 5.26 Å². The molecule has 0 bridgehead atoms. The minimum atomic E-state index is -0.469. The number of halogens is 1. The summed E-state index contributed by atoms with van der Waals surface area (Å²) < 4.78 is 0. The quantitative estimate of drug-likeness (QED) is 0.886. The van der Waals surface area contributed by atoms with Crippen molar-refractivity contribution in [3.05, 3.63) is 35.0 Å². The molecule has 0 radical (unpaired) electrons. The second-order valence-electron chi connectivity index (χ2n) is 5.15. The van der Waals surface area contributed by atoms with Crippen LogP contribution < -0.4 is 5.32 Å². The minimum Gasteiger partial charge on any atom is -0.391 e. The number of benzene rings is 1. The lowest BCUT2D eigenvalue weighted by Crippen LogP contribution is -2.26. The van der Waals surface area contributed by atoms with E-state index in [4.69, 9.17) is 11.6 Å². The average molecular weight is 304 g/mol. The van der Waals surface area contributed by atoms with Gasteiger partial charge in [0.1, 0.15) is 6.07 Å². The molecule has 0 aliphatic heterocycles. The zero-order valence-corrected chi connectivity index (χ0v) is 12.9. The molecule has 1 heterocycles. The van der Waals surface area contributed by atoms with Gasteiger partial charge in [-0.2, -0.15) is 5.26 Å². The Bertz CT molecular complexity index is 681. The van der Waals surface area contributed by atoms with Gasteiger partial charge in [-0.1, -0.05) is 31.9 Å². The smallest absolute Gasteiger partial charge is 0.103 e. The molecule has 0 saturated carbocycles. The molecule has 0 saturated heterocycles. The van der Waals surface area contributed by atoms with Crippen LogP contribution in [-0.2, 0) is 0 Å². The molecule has 2 N–H and O–H groups in total. The van der Waals surface area contributed by atoms with Crippen LogP contribution >= 0.6 is 11.6 Å². The van der Waals surface area contributed by atoms with Crippen LogP contribution in [0.4, 0.5) is 5.69 Å². The van der Waals surface area contributed by atoms with Crippen LogP contribution in [0.3, 0.4) is 0 Å². The molecule has 2 rings (SSSR count). The Balaban J connectivity index is 2.37. The number of hydrogen-bond acceptors (Lipinski definition) is 4. The highest BCUT2D eigenvalue weighted by Gasteiger charge is 2.14. The standard InChI is InChI=1S/C16H18ClN3O/c1-3-10(2)15(21)9-20-16-11(7-18)8-19-14-5-4-12(17)6-13(14)16/h4-6,8,10,15,21H,3,9H2,1-2H3,(H,19,20). The van der Waals surface area contributed by atoms with Gasteiger partial charge in [-0.3, -0.25) is 4.98 Å². The van der Waals surface area contributed by atoms with Crippen LogP contribution in [0.25, 0.3) is 10.9 Å². The Morgan fingerprint density at radius 1 is 1.48 bits per heavy atom. The van der Waals surface area contributed by atoms with Gasteiger partial charge in [-0.05, 0) is 24.1 Å². The number of pyridine rings is 1. The first kappa shape index (κ1) is 15.6.